The second-order valence-electron chi connectivity index (χ2n) is 5.75. The third kappa shape index (κ3) is 5.49. The fourth-order valence-electron chi connectivity index (χ4n) is 2.28. The predicted octanol–water partition coefficient (Wildman–Crippen LogP) is 5.57. The van der Waals surface area contributed by atoms with Crippen LogP contribution in [0, 0.1) is 0 Å². The minimum Gasteiger partial charge on any atom is -0.497 e. The lowest BCUT2D eigenvalue weighted by atomic mass is 10.2. The van der Waals surface area contributed by atoms with Crippen molar-refractivity contribution in [2.24, 2.45) is 10.2 Å². The number of halogens is 1. The van der Waals surface area contributed by atoms with Gasteiger partial charge in [-0.1, -0.05) is 12.1 Å². The highest BCUT2D eigenvalue weighted by Gasteiger charge is 2.11. The molecule has 0 atom stereocenters. The summed E-state index contributed by atoms with van der Waals surface area (Å²) in [6.45, 7) is 0. The molecule has 0 saturated heterocycles. The summed E-state index contributed by atoms with van der Waals surface area (Å²) in [4.78, 5) is 29.2. The van der Waals surface area contributed by atoms with Gasteiger partial charge in [-0.05, 0) is 76.6 Å². The Morgan fingerprint density at radius 2 is 1.62 bits per heavy atom. The highest BCUT2D eigenvalue weighted by atomic mass is 79.9. The summed E-state index contributed by atoms with van der Waals surface area (Å²) in [5.41, 5.74) is 4.42. The van der Waals surface area contributed by atoms with E-state index < -0.39 is 11.9 Å². The lowest BCUT2D eigenvalue weighted by Crippen LogP contribution is -2.11. The van der Waals surface area contributed by atoms with Crippen LogP contribution in [0.4, 0.5) is 11.4 Å². The lowest BCUT2D eigenvalue weighted by Gasteiger charge is -2.07. The molecule has 0 radical (unpaired) electrons. The summed E-state index contributed by atoms with van der Waals surface area (Å²) >= 11 is 3.30. The van der Waals surface area contributed by atoms with E-state index in [0.717, 1.165) is 0 Å². The smallest absolute Gasteiger partial charge is 0.363 e. The first-order valence-corrected chi connectivity index (χ1v) is 9.28. The Bertz CT molecular complexity index is 1030. The molecule has 29 heavy (non-hydrogen) atoms. The number of anilines is 1. The number of azo groups is 1. The van der Waals surface area contributed by atoms with Gasteiger partial charge in [-0.25, -0.2) is 10.3 Å². The van der Waals surface area contributed by atoms with Crippen LogP contribution in [0.3, 0.4) is 0 Å². The van der Waals surface area contributed by atoms with Crippen molar-refractivity contribution in [3.63, 3.8) is 0 Å². The molecule has 0 aliphatic rings. The molecular weight excluding hydrogens is 438 g/mol. The summed E-state index contributed by atoms with van der Waals surface area (Å²) in [5.74, 6) is -0.328. The standard InChI is InChI=1S/C21H16BrN3O4/c1-28-17-12-6-14(7-13-17)20(26)24-23-15-8-10-16(11-9-15)25-29-21(27)18-4-2-3-5-19(18)22/h2-13,25H,1H3. The van der Waals surface area contributed by atoms with Crippen molar-refractivity contribution in [3.8, 4) is 5.75 Å². The summed E-state index contributed by atoms with van der Waals surface area (Å²) in [6, 6.07) is 20.1. The van der Waals surface area contributed by atoms with E-state index in [0.29, 0.717) is 32.7 Å². The van der Waals surface area contributed by atoms with Gasteiger partial charge >= 0.3 is 5.97 Å². The number of carbonyl (C=O) groups is 2. The van der Waals surface area contributed by atoms with E-state index in [1.165, 1.54) is 0 Å². The average molecular weight is 454 g/mol. The van der Waals surface area contributed by atoms with E-state index >= 15 is 0 Å². The first-order valence-electron chi connectivity index (χ1n) is 8.49. The van der Waals surface area contributed by atoms with Gasteiger partial charge in [-0.15, -0.1) is 10.2 Å². The summed E-state index contributed by atoms with van der Waals surface area (Å²) in [6.07, 6.45) is 0. The van der Waals surface area contributed by atoms with Gasteiger partial charge in [-0.3, -0.25) is 4.79 Å². The minimum absolute atomic E-state index is 0.405. The molecule has 3 rings (SSSR count). The Balaban J connectivity index is 1.56. The van der Waals surface area contributed by atoms with Crippen LogP contribution in [0.2, 0.25) is 0 Å². The van der Waals surface area contributed by atoms with E-state index in [9.17, 15) is 9.59 Å². The molecule has 0 spiro atoms. The number of amides is 1. The Kier molecular flexibility index (Phi) is 6.70. The van der Waals surface area contributed by atoms with E-state index in [1.807, 2.05) is 0 Å². The molecule has 146 valence electrons. The lowest BCUT2D eigenvalue weighted by molar-refractivity contribution is 0.0595. The Labute approximate surface area is 175 Å². The number of methoxy groups -OCH3 is 1. The van der Waals surface area contributed by atoms with Gasteiger partial charge in [0.25, 0.3) is 5.91 Å². The Hall–Kier alpha value is -3.52. The molecule has 0 aromatic heterocycles. The summed E-state index contributed by atoms with van der Waals surface area (Å²) < 4.78 is 5.69. The van der Waals surface area contributed by atoms with Crippen LogP contribution < -0.4 is 10.2 Å². The molecule has 0 fully saturated rings. The molecule has 3 aromatic rings. The first-order chi connectivity index (χ1) is 14.1. The maximum atomic E-state index is 12.1. The van der Waals surface area contributed by atoms with E-state index in [2.05, 4.69) is 31.6 Å². The van der Waals surface area contributed by atoms with Crippen molar-refractivity contribution in [2.75, 3.05) is 12.6 Å². The predicted molar refractivity (Wildman–Crippen MR) is 111 cm³/mol. The summed E-state index contributed by atoms with van der Waals surface area (Å²) in [7, 11) is 1.55. The zero-order chi connectivity index (χ0) is 20.6. The highest BCUT2D eigenvalue weighted by Crippen LogP contribution is 2.20. The number of nitrogens with one attached hydrogen (secondary N) is 1. The summed E-state index contributed by atoms with van der Waals surface area (Å²) in [5, 5.41) is 7.63. The topological polar surface area (TPSA) is 89.3 Å². The van der Waals surface area contributed by atoms with Gasteiger partial charge in [0.1, 0.15) is 5.75 Å². The van der Waals surface area contributed by atoms with Crippen LogP contribution in [-0.4, -0.2) is 19.0 Å². The number of benzene rings is 3. The van der Waals surface area contributed by atoms with Crippen LogP contribution in [0.1, 0.15) is 20.7 Å². The number of hydrogen-bond acceptors (Lipinski definition) is 6. The van der Waals surface area contributed by atoms with Crippen molar-refractivity contribution in [1.82, 2.24) is 0 Å². The minimum atomic E-state index is -0.522. The first kappa shape index (κ1) is 20.2. The second kappa shape index (κ2) is 9.61. The van der Waals surface area contributed by atoms with Crippen LogP contribution in [0.15, 0.2) is 87.5 Å². The number of rotatable bonds is 6. The molecule has 1 amide bonds. The SMILES string of the molecule is COc1ccc(C(=O)N=Nc2ccc(NOC(=O)c3ccccc3Br)cc2)cc1. The molecule has 1 N–H and O–H groups in total. The maximum Gasteiger partial charge on any atom is 0.363 e. The third-order valence-corrected chi connectivity index (χ3v) is 4.51. The zero-order valence-corrected chi connectivity index (χ0v) is 16.9. The fraction of sp³-hybridized carbons (Fsp3) is 0.0476. The van der Waals surface area contributed by atoms with Crippen LogP contribution in [0.5, 0.6) is 5.75 Å². The van der Waals surface area contributed by atoms with E-state index in [1.54, 1.807) is 79.9 Å². The molecule has 3 aromatic carbocycles. The average Bonchev–Trinajstić information content (AvgIpc) is 2.77. The fourth-order valence-corrected chi connectivity index (χ4v) is 2.72. The molecule has 0 unspecified atom stereocenters. The van der Waals surface area contributed by atoms with E-state index in [-0.39, 0.29) is 0 Å². The van der Waals surface area contributed by atoms with Gasteiger partial charge < -0.3 is 9.57 Å². The number of nitrogens with zero attached hydrogens (tertiary/aromatic N) is 2. The Morgan fingerprint density at radius 3 is 2.28 bits per heavy atom. The maximum absolute atomic E-state index is 12.1. The van der Waals surface area contributed by atoms with Crippen LogP contribution in [0.25, 0.3) is 0 Å². The zero-order valence-electron chi connectivity index (χ0n) is 15.3. The molecular formula is C21H16BrN3O4. The van der Waals surface area contributed by atoms with Gasteiger partial charge in [0.2, 0.25) is 0 Å². The van der Waals surface area contributed by atoms with Gasteiger partial charge in [0, 0.05) is 10.0 Å². The Morgan fingerprint density at radius 1 is 0.931 bits per heavy atom. The van der Waals surface area contributed by atoms with E-state index in [4.69, 9.17) is 9.57 Å². The van der Waals surface area contributed by atoms with Crippen molar-refractivity contribution in [1.29, 1.82) is 0 Å². The quantitative estimate of drug-likeness (QED) is 0.389. The van der Waals surface area contributed by atoms with Crippen molar-refractivity contribution < 1.29 is 19.2 Å². The molecule has 0 aliphatic carbocycles. The molecule has 0 bridgehead atoms. The van der Waals surface area contributed by atoms with Crippen molar-refractivity contribution in [3.05, 3.63) is 88.4 Å². The van der Waals surface area contributed by atoms with Gasteiger partial charge in [0.05, 0.1) is 24.0 Å². The number of ether oxygens (including phenoxy) is 1. The van der Waals surface area contributed by atoms with Gasteiger partial charge in [-0.2, -0.15) is 0 Å². The largest absolute Gasteiger partial charge is 0.497 e. The molecule has 8 heteroatoms. The normalized spacial score (nSPS) is 10.6. The van der Waals surface area contributed by atoms with Crippen LogP contribution in [-0.2, 0) is 4.84 Å². The third-order valence-electron chi connectivity index (χ3n) is 3.82. The molecule has 0 saturated carbocycles. The molecule has 0 heterocycles. The van der Waals surface area contributed by atoms with Crippen LogP contribution >= 0.6 is 15.9 Å². The number of hydrogen-bond donors (Lipinski definition) is 1. The monoisotopic (exact) mass is 453 g/mol. The van der Waals surface area contributed by atoms with Crippen molar-refractivity contribution in [2.45, 2.75) is 0 Å². The molecule has 7 nitrogen and oxygen atoms in total. The second-order valence-corrected chi connectivity index (χ2v) is 6.61. The number of carbonyl (C=O) groups excluding carboxylic acids is 2. The molecule has 0 aliphatic heterocycles. The van der Waals surface area contributed by atoms with Crippen molar-refractivity contribution >= 4 is 39.2 Å². The highest BCUT2D eigenvalue weighted by molar-refractivity contribution is 9.10. The van der Waals surface area contributed by atoms with Gasteiger partial charge in [0.15, 0.2) is 0 Å².